The predicted molar refractivity (Wildman–Crippen MR) is 134 cm³/mol. The fourth-order valence-electron chi connectivity index (χ4n) is 4.22. The standard InChI is InChI=1S/C29H23N3O/c1-32(2)23-15-12-22(13-16-23)27-25-17-14-21-10-6-7-11-24(21)28(25)33-29(26(27)18-30)31-19-20-8-4-3-5-9-20/h3-17,19,27H,1-2H3/b31-19+. The maximum absolute atomic E-state index is 10.2. The Kier molecular flexibility index (Phi) is 5.38. The number of ether oxygens (including phenoxy) is 1. The van der Waals surface area contributed by atoms with E-state index in [0.717, 1.165) is 38.9 Å². The predicted octanol–water partition coefficient (Wildman–Crippen LogP) is 6.28. The molecule has 0 radical (unpaired) electrons. The van der Waals surface area contributed by atoms with Crippen molar-refractivity contribution >= 4 is 22.7 Å². The largest absolute Gasteiger partial charge is 0.437 e. The van der Waals surface area contributed by atoms with Crippen LogP contribution >= 0.6 is 0 Å². The molecule has 4 aromatic carbocycles. The minimum absolute atomic E-state index is 0.262. The van der Waals surface area contributed by atoms with Crippen molar-refractivity contribution in [2.45, 2.75) is 5.92 Å². The van der Waals surface area contributed by atoms with E-state index in [0.29, 0.717) is 11.5 Å². The van der Waals surface area contributed by atoms with Crippen molar-refractivity contribution in [3.63, 3.8) is 0 Å². The van der Waals surface area contributed by atoms with E-state index in [9.17, 15) is 5.26 Å². The summed E-state index contributed by atoms with van der Waals surface area (Å²) in [6.07, 6.45) is 1.75. The van der Waals surface area contributed by atoms with Crippen LogP contribution in [-0.4, -0.2) is 20.3 Å². The zero-order valence-corrected chi connectivity index (χ0v) is 18.6. The van der Waals surface area contributed by atoms with Gasteiger partial charge in [0.05, 0.1) is 5.92 Å². The fourth-order valence-corrected chi connectivity index (χ4v) is 4.22. The summed E-state index contributed by atoms with van der Waals surface area (Å²) >= 11 is 0. The number of anilines is 1. The van der Waals surface area contributed by atoms with Gasteiger partial charge in [0, 0.05) is 36.9 Å². The Bertz CT molecular complexity index is 1410. The lowest BCUT2D eigenvalue weighted by atomic mass is 9.82. The van der Waals surface area contributed by atoms with Gasteiger partial charge in [0.15, 0.2) is 0 Å². The van der Waals surface area contributed by atoms with E-state index in [2.05, 4.69) is 64.5 Å². The third-order valence-electron chi connectivity index (χ3n) is 5.93. The van der Waals surface area contributed by atoms with Crippen molar-refractivity contribution in [1.29, 1.82) is 5.26 Å². The van der Waals surface area contributed by atoms with Gasteiger partial charge in [0.2, 0.25) is 5.88 Å². The molecule has 0 N–H and O–H groups in total. The number of hydrogen-bond donors (Lipinski definition) is 0. The third kappa shape index (κ3) is 3.86. The fraction of sp³-hybridized carbons (Fsp3) is 0.103. The molecule has 4 nitrogen and oxygen atoms in total. The molecule has 0 amide bonds. The first-order chi connectivity index (χ1) is 16.2. The van der Waals surface area contributed by atoms with Crippen molar-refractivity contribution in [3.05, 3.63) is 119 Å². The van der Waals surface area contributed by atoms with Gasteiger partial charge in [0.1, 0.15) is 17.4 Å². The Morgan fingerprint density at radius 2 is 1.61 bits per heavy atom. The molecule has 0 saturated carbocycles. The van der Waals surface area contributed by atoms with Crippen LogP contribution in [0.1, 0.15) is 22.6 Å². The molecule has 0 fully saturated rings. The molecular weight excluding hydrogens is 406 g/mol. The number of hydrogen-bond acceptors (Lipinski definition) is 4. The average molecular weight is 430 g/mol. The molecule has 1 aliphatic heterocycles. The van der Waals surface area contributed by atoms with Gasteiger partial charge in [-0.3, -0.25) is 0 Å². The molecule has 33 heavy (non-hydrogen) atoms. The first kappa shape index (κ1) is 20.5. The molecule has 5 rings (SSSR count). The lowest BCUT2D eigenvalue weighted by Gasteiger charge is -2.28. The highest BCUT2D eigenvalue weighted by atomic mass is 16.5. The smallest absolute Gasteiger partial charge is 0.234 e. The van der Waals surface area contributed by atoms with E-state index in [-0.39, 0.29) is 5.92 Å². The maximum Gasteiger partial charge on any atom is 0.234 e. The molecule has 0 spiro atoms. The highest BCUT2D eigenvalue weighted by Gasteiger charge is 2.32. The SMILES string of the molecule is CN(C)c1ccc(C2C(C#N)=C(/N=C/c3ccccc3)Oc3c2ccc2ccccc32)cc1. The molecule has 1 unspecified atom stereocenters. The van der Waals surface area contributed by atoms with Gasteiger partial charge in [-0.05, 0) is 28.6 Å². The molecule has 1 heterocycles. The molecule has 0 saturated heterocycles. The molecule has 4 aromatic rings. The topological polar surface area (TPSA) is 48.6 Å². The Hall–Kier alpha value is -4.36. The summed E-state index contributed by atoms with van der Waals surface area (Å²) in [5, 5.41) is 12.3. The van der Waals surface area contributed by atoms with Gasteiger partial charge in [-0.25, -0.2) is 4.99 Å². The first-order valence-electron chi connectivity index (χ1n) is 10.9. The van der Waals surface area contributed by atoms with Crippen LogP contribution in [-0.2, 0) is 0 Å². The van der Waals surface area contributed by atoms with Crippen molar-refractivity contribution in [3.8, 4) is 11.8 Å². The zero-order chi connectivity index (χ0) is 22.8. The summed E-state index contributed by atoms with van der Waals surface area (Å²) < 4.78 is 6.34. The number of aliphatic imine (C=N–C) groups is 1. The van der Waals surface area contributed by atoms with E-state index in [1.165, 1.54) is 0 Å². The van der Waals surface area contributed by atoms with Gasteiger partial charge in [-0.15, -0.1) is 0 Å². The Morgan fingerprint density at radius 1 is 0.879 bits per heavy atom. The molecule has 160 valence electrons. The summed E-state index contributed by atoms with van der Waals surface area (Å²) in [6.45, 7) is 0. The van der Waals surface area contributed by atoms with Crippen LogP contribution in [0.2, 0.25) is 0 Å². The van der Waals surface area contributed by atoms with Gasteiger partial charge >= 0.3 is 0 Å². The monoisotopic (exact) mass is 429 g/mol. The second-order valence-electron chi connectivity index (χ2n) is 8.23. The number of allylic oxidation sites excluding steroid dienone is 1. The Morgan fingerprint density at radius 3 is 2.33 bits per heavy atom. The second kappa shape index (κ2) is 8.64. The number of benzene rings is 4. The first-order valence-corrected chi connectivity index (χ1v) is 10.9. The van der Waals surface area contributed by atoms with Gasteiger partial charge in [-0.2, -0.15) is 5.26 Å². The van der Waals surface area contributed by atoms with E-state index >= 15 is 0 Å². The normalized spacial score (nSPS) is 15.2. The summed E-state index contributed by atoms with van der Waals surface area (Å²) in [4.78, 5) is 6.70. The van der Waals surface area contributed by atoms with Gasteiger partial charge < -0.3 is 9.64 Å². The van der Waals surface area contributed by atoms with E-state index in [1.807, 2.05) is 56.6 Å². The molecular formula is C29H23N3O. The third-order valence-corrected chi connectivity index (χ3v) is 5.93. The molecule has 0 aromatic heterocycles. The van der Waals surface area contributed by atoms with Crippen molar-refractivity contribution < 1.29 is 4.74 Å². The van der Waals surface area contributed by atoms with Crippen LogP contribution in [0.4, 0.5) is 5.69 Å². The lowest BCUT2D eigenvalue weighted by Crippen LogP contribution is -2.16. The minimum atomic E-state index is -0.262. The Labute approximate surface area is 193 Å². The Balaban J connectivity index is 1.70. The van der Waals surface area contributed by atoms with Crippen LogP contribution in [0, 0.1) is 11.3 Å². The van der Waals surface area contributed by atoms with Crippen molar-refractivity contribution in [2.24, 2.45) is 4.99 Å². The summed E-state index contributed by atoms with van der Waals surface area (Å²) in [6, 6.07) is 32.8. The highest BCUT2D eigenvalue weighted by molar-refractivity contribution is 5.91. The highest BCUT2D eigenvalue weighted by Crippen LogP contribution is 2.46. The van der Waals surface area contributed by atoms with E-state index < -0.39 is 0 Å². The van der Waals surface area contributed by atoms with Crippen LogP contribution in [0.25, 0.3) is 10.8 Å². The van der Waals surface area contributed by atoms with Crippen LogP contribution in [0.3, 0.4) is 0 Å². The van der Waals surface area contributed by atoms with Gasteiger partial charge in [-0.1, -0.05) is 78.9 Å². The lowest BCUT2D eigenvalue weighted by molar-refractivity contribution is 0.400. The molecule has 0 aliphatic carbocycles. The number of nitriles is 1. The van der Waals surface area contributed by atoms with Crippen LogP contribution < -0.4 is 9.64 Å². The summed E-state index contributed by atoms with van der Waals surface area (Å²) in [5.41, 5.74) is 4.56. The second-order valence-corrected chi connectivity index (χ2v) is 8.23. The minimum Gasteiger partial charge on any atom is -0.437 e. The molecule has 4 heteroatoms. The molecule has 0 bridgehead atoms. The molecule has 1 atom stereocenters. The van der Waals surface area contributed by atoms with Crippen LogP contribution in [0.15, 0.2) is 107 Å². The number of fused-ring (bicyclic) bond motifs is 3. The van der Waals surface area contributed by atoms with E-state index in [1.54, 1.807) is 6.21 Å². The van der Waals surface area contributed by atoms with Crippen LogP contribution in [0.5, 0.6) is 5.75 Å². The number of nitrogens with zero attached hydrogens (tertiary/aromatic N) is 3. The van der Waals surface area contributed by atoms with Crippen molar-refractivity contribution in [2.75, 3.05) is 19.0 Å². The molecule has 1 aliphatic rings. The maximum atomic E-state index is 10.2. The quantitative estimate of drug-likeness (QED) is 0.359. The zero-order valence-electron chi connectivity index (χ0n) is 18.6. The van der Waals surface area contributed by atoms with Gasteiger partial charge in [0.25, 0.3) is 0 Å². The number of rotatable bonds is 4. The van der Waals surface area contributed by atoms with E-state index in [4.69, 9.17) is 4.74 Å². The average Bonchev–Trinajstić information content (AvgIpc) is 2.87. The summed E-state index contributed by atoms with van der Waals surface area (Å²) in [5.74, 6) is 0.836. The van der Waals surface area contributed by atoms with Crippen molar-refractivity contribution in [1.82, 2.24) is 0 Å². The summed E-state index contributed by atoms with van der Waals surface area (Å²) in [7, 11) is 4.03.